The van der Waals surface area contributed by atoms with E-state index in [0.717, 1.165) is 43.4 Å². The van der Waals surface area contributed by atoms with Gasteiger partial charge < -0.3 is 16.2 Å². The number of amides is 1. The number of carbonyl (C=O) groups excluding carboxylic acids is 1. The van der Waals surface area contributed by atoms with E-state index in [1.54, 1.807) is 36.0 Å². The molecule has 2 bridgehead atoms. The molecule has 1 aromatic carbocycles. The van der Waals surface area contributed by atoms with E-state index in [1.807, 2.05) is 11.5 Å². The Morgan fingerprint density at radius 3 is 2.74 bits per heavy atom. The molecule has 4 unspecified atom stereocenters. The highest BCUT2D eigenvalue weighted by Crippen LogP contribution is 2.54. The minimum absolute atomic E-state index is 0.123. The molecule has 4 N–H and O–H groups in total. The van der Waals surface area contributed by atoms with Crippen molar-refractivity contribution in [1.82, 2.24) is 19.1 Å². The fraction of sp³-hybridized carbons (Fsp3) is 0.538. The molecule has 2 aliphatic carbocycles. The van der Waals surface area contributed by atoms with Gasteiger partial charge in [0.2, 0.25) is 11.9 Å². The quantitative estimate of drug-likeness (QED) is 0.516. The van der Waals surface area contributed by atoms with Crippen LogP contribution in [0.4, 0.5) is 11.6 Å². The number of hydrogen-bond donors (Lipinski definition) is 3. The minimum atomic E-state index is -0.758. The number of nitrogens with zero attached hydrogens (tertiary/aromatic N) is 4. The molecular formula is C26H34N6O3. The number of aryl methyl sites for hydroxylation is 2. The molecule has 4 atom stereocenters. The number of anilines is 2. The van der Waals surface area contributed by atoms with Crippen molar-refractivity contribution >= 4 is 28.7 Å². The molecule has 0 saturated heterocycles. The van der Waals surface area contributed by atoms with Gasteiger partial charge in [0.1, 0.15) is 5.52 Å². The third kappa shape index (κ3) is 3.91. The van der Waals surface area contributed by atoms with Crippen molar-refractivity contribution < 1.29 is 9.90 Å². The number of carbonyl (C=O) groups is 1. The van der Waals surface area contributed by atoms with Crippen LogP contribution in [0.15, 0.2) is 29.2 Å². The first-order valence-electron chi connectivity index (χ1n) is 12.4. The van der Waals surface area contributed by atoms with Gasteiger partial charge >= 0.3 is 5.69 Å². The first kappa shape index (κ1) is 23.5. The lowest BCUT2D eigenvalue weighted by molar-refractivity contribution is -0.116. The van der Waals surface area contributed by atoms with Crippen LogP contribution in [-0.4, -0.2) is 35.7 Å². The largest absolute Gasteiger partial charge is 0.390 e. The van der Waals surface area contributed by atoms with Gasteiger partial charge in [-0.2, -0.15) is 4.98 Å². The van der Waals surface area contributed by atoms with Gasteiger partial charge in [0.25, 0.3) is 0 Å². The fourth-order valence-electron chi connectivity index (χ4n) is 6.81. The van der Waals surface area contributed by atoms with Crippen LogP contribution >= 0.6 is 0 Å². The van der Waals surface area contributed by atoms with E-state index in [0.29, 0.717) is 40.9 Å². The zero-order valence-corrected chi connectivity index (χ0v) is 20.8. The van der Waals surface area contributed by atoms with E-state index < -0.39 is 17.0 Å². The molecule has 3 aromatic rings. The monoisotopic (exact) mass is 478 g/mol. The molecule has 35 heavy (non-hydrogen) atoms. The molecule has 2 fully saturated rings. The van der Waals surface area contributed by atoms with Crippen LogP contribution in [0, 0.1) is 18.8 Å². The second-order valence-electron chi connectivity index (χ2n) is 10.9. The number of nitrogens with one attached hydrogen (secondary N) is 1. The topological polar surface area (TPSA) is 128 Å². The maximum Gasteiger partial charge on any atom is 0.330 e. The Morgan fingerprint density at radius 1 is 1.29 bits per heavy atom. The third-order valence-electron chi connectivity index (χ3n) is 8.06. The van der Waals surface area contributed by atoms with Crippen LogP contribution in [0.3, 0.4) is 0 Å². The van der Waals surface area contributed by atoms with Crippen molar-refractivity contribution in [2.45, 2.75) is 70.4 Å². The van der Waals surface area contributed by atoms with E-state index in [2.05, 4.69) is 24.1 Å². The summed E-state index contributed by atoms with van der Waals surface area (Å²) in [5.41, 5.74) is 7.29. The van der Waals surface area contributed by atoms with E-state index in [-0.39, 0.29) is 5.69 Å². The third-order valence-corrected chi connectivity index (χ3v) is 8.06. The fourth-order valence-corrected chi connectivity index (χ4v) is 6.81. The van der Waals surface area contributed by atoms with E-state index in [1.165, 1.54) is 0 Å². The smallest absolute Gasteiger partial charge is 0.330 e. The molecule has 186 valence electrons. The van der Waals surface area contributed by atoms with E-state index in [9.17, 15) is 14.7 Å². The van der Waals surface area contributed by atoms with Gasteiger partial charge in [0.15, 0.2) is 5.65 Å². The Morgan fingerprint density at radius 2 is 2.06 bits per heavy atom. The summed E-state index contributed by atoms with van der Waals surface area (Å²) in [5.74, 6) is 0.545. The molecule has 2 aliphatic rings. The summed E-state index contributed by atoms with van der Waals surface area (Å²) in [6.45, 7) is 6.21. The summed E-state index contributed by atoms with van der Waals surface area (Å²) in [6, 6.07) is 5.15. The molecule has 5 rings (SSSR count). The Labute approximate surface area is 204 Å². The van der Waals surface area contributed by atoms with E-state index in [4.69, 9.17) is 10.7 Å². The van der Waals surface area contributed by atoms with Gasteiger partial charge in [-0.3, -0.25) is 13.9 Å². The van der Waals surface area contributed by atoms with Crippen LogP contribution in [0.5, 0.6) is 0 Å². The molecule has 0 radical (unpaired) electrons. The number of hydrogen-bond acceptors (Lipinski definition) is 6. The van der Waals surface area contributed by atoms with Crippen LogP contribution in [0.1, 0.15) is 68.3 Å². The van der Waals surface area contributed by atoms with Gasteiger partial charge in [-0.1, -0.05) is 20.3 Å². The average molecular weight is 479 g/mol. The van der Waals surface area contributed by atoms with Crippen molar-refractivity contribution in [3.63, 3.8) is 0 Å². The molecule has 2 aromatic heterocycles. The Kier molecular flexibility index (Phi) is 5.51. The Bertz CT molecular complexity index is 1380. The van der Waals surface area contributed by atoms with Crippen LogP contribution < -0.4 is 16.7 Å². The predicted octanol–water partition coefficient (Wildman–Crippen LogP) is 3.35. The number of imidazole rings is 1. The van der Waals surface area contributed by atoms with Crippen molar-refractivity contribution in [2.24, 2.45) is 24.6 Å². The highest BCUT2D eigenvalue weighted by Gasteiger charge is 2.54. The van der Waals surface area contributed by atoms with Gasteiger partial charge in [0, 0.05) is 18.3 Å². The van der Waals surface area contributed by atoms with Gasteiger partial charge in [0.05, 0.1) is 17.3 Å². The molecule has 2 saturated carbocycles. The van der Waals surface area contributed by atoms with Crippen molar-refractivity contribution in [3.8, 4) is 0 Å². The molecule has 0 aliphatic heterocycles. The Hall–Kier alpha value is -3.20. The molecule has 9 heteroatoms. The first-order valence-corrected chi connectivity index (χ1v) is 12.4. The lowest BCUT2D eigenvalue weighted by Crippen LogP contribution is -2.57. The summed E-state index contributed by atoms with van der Waals surface area (Å²) in [6.07, 6.45) is 6.47. The molecule has 2 heterocycles. The SMILES string of the molecule is CCC1CC2(O)CC(C)CC(n3c(=O)n(C)c4cnc(Nc5ccc(C(N)=O)cc5C)nc43)(C1)C2. The lowest BCUT2D eigenvalue weighted by Gasteiger charge is -2.54. The van der Waals surface area contributed by atoms with Crippen LogP contribution in [-0.2, 0) is 12.6 Å². The maximum atomic E-state index is 13.6. The number of rotatable bonds is 5. The summed E-state index contributed by atoms with van der Waals surface area (Å²) >= 11 is 0. The summed E-state index contributed by atoms with van der Waals surface area (Å²) < 4.78 is 3.45. The van der Waals surface area contributed by atoms with Crippen LogP contribution in [0.25, 0.3) is 11.2 Å². The highest BCUT2D eigenvalue weighted by molar-refractivity contribution is 5.93. The number of aromatic nitrogens is 4. The highest BCUT2D eigenvalue weighted by atomic mass is 16.3. The summed E-state index contributed by atoms with van der Waals surface area (Å²) in [5, 5.41) is 14.7. The second kappa shape index (κ2) is 8.19. The van der Waals surface area contributed by atoms with Crippen molar-refractivity contribution in [3.05, 3.63) is 46.0 Å². The number of primary amides is 1. The van der Waals surface area contributed by atoms with Gasteiger partial charge in [-0.25, -0.2) is 9.78 Å². The minimum Gasteiger partial charge on any atom is -0.390 e. The molecule has 0 spiro atoms. The second-order valence-corrected chi connectivity index (χ2v) is 10.9. The molecule has 1 amide bonds. The lowest BCUT2D eigenvalue weighted by atomic mass is 9.58. The van der Waals surface area contributed by atoms with Crippen LogP contribution in [0.2, 0.25) is 0 Å². The maximum absolute atomic E-state index is 13.6. The summed E-state index contributed by atoms with van der Waals surface area (Å²) in [7, 11) is 1.75. The zero-order chi connectivity index (χ0) is 25.1. The number of benzene rings is 1. The van der Waals surface area contributed by atoms with Crippen molar-refractivity contribution in [1.29, 1.82) is 0 Å². The van der Waals surface area contributed by atoms with Gasteiger partial charge in [-0.05, 0) is 74.6 Å². The molecule has 9 nitrogen and oxygen atoms in total. The number of nitrogens with two attached hydrogens (primary N) is 1. The standard InChI is InChI=1S/C26H34N6O3/c1-5-17-11-25(9-15(2)10-26(35,12-17)14-25)32-22-20(31(4)24(32)34)13-28-23(30-22)29-19-7-6-18(21(27)33)8-16(19)3/h6-8,13,15,17,35H,5,9-12,14H2,1-4H3,(H2,27,33)(H,28,29,30). The molecular weight excluding hydrogens is 444 g/mol. The first-order chi connectivity index (χ1) is 16.5. The normalized spacial score (nSPS) is 28.3. The Balaban J connectivity index is 1.62. The average Bonchev–Trinajstić information content (AvgIpc) is 3.03. The van der Waals surface area contributed by atoms with Crippen molar-refractivity contribution in [2.75, 3.05) is 5.32 Å². The van der Waals surface area contributed by atoms with E-state index >= 15 is 0 Å². The zero-order valence-electron chi connectivity index (χ0n) is 20.8. The number of aliphatic hydroxyl groups is 1. The van der Waals surface area contributed by atoms with Gasteiger partial charge in [-0.15, -0.1) is 0 Å². The summed E-state index contributed by atoms with van der Waals surface area (Å²) in [4.78, 5) is 34.4. The predicted molar refractivity (Wildman–Crippen MR) is 135 cm³/mol. The number of fused-ring (bicyclic) bond motifs is 3.